The zero-order chi connectivity index (χ0) is 17.2. The van der Waals surface area contributed by atoms with Crippen LogP contribution in [-0.4, -0.2) is 46.7 Å². The molecule has 0 aliphatic heterocycles. The van der Waals surface area contributed by atoms with E-state index in [9.17, 15) is 25.3 Å². The zero-order valence-electron chi connectivity index (χ0n) is 10.9. The van der Waals surface area contributed by atoms with Crippen LogP contribution >= 0.6 is 0 Å². The number of hydrogen-bond donors (Lipinski definition) is 3. The lowest BCUT2D eigenvalue weighted by molar-refractivity contribution is 0.284. The molecule has 13 heteroatoms. The normalized spacial score (nSPS) is 13.2. The van der Waals surface area contributed by atoms with Gasteiger partial charge in [0.1, 0.15) is 4.90 Å². The first kappa shape index (κ1) is 18.8. The van der Waals surface area contributed by atoms with Crippen molar-refractivity contribution in [3.8, 4) is 0 Å². The molecule has 0 heterocycles. The Morgan fingerprint density at radius 3 is 2.09 bits per heavy atom. The first-order valence-electron chi connectivity index (χ1n) is 5.48. The summed E-state index contributed by atoms with van der Waals surface area (Å²) < 4.78 is 87.0. The Morgan fingerprint density at radius 1 is 1.05 bits per heavy atom. The van der Waals surface area contributed by atoms with Gasteiger partial charge in [-0.15, -0.1) is 0 Å². The first-order valence-corrected chi connectivity index (χ1v) is 10.1. The minimum absolute atomic E-state index is 0.136. The van der Waals surface area contributed by atoms with Gasteiger partial charge in [-0.3, -0.25) is 9.11 Å². The molecule has 0 unspecified atom stereocenters. The molecular weight excluding hydrogens is 362 g/mol. The zero-order valence-corrected chi connectivity index (χ0v) is 13.4. The van der Waals surface area contributed by atoms with Crippen molar-refractivity contribution in [2.45, 2.75) is 10.6 Å². The standard InChI is InChI=1S/C9H13NO9S3/c10-8-5-7(1-2-9(8)21(13,14)15)6-20(11,12)4-3-19-22(16,17)18/h1-2,5H,3-4,6,10H2,(H,13,14,15)(H,16,17,18). The van der Waals surface area contributed by atoms with E-state index in [1.807, 2.05) is 0 Å². The third-order valence-corrected chi connectivity index (χ3v) is 5.32. The highest BCUT2D eigenvalue weighted by molar-refractivity contribution is 7.90. The number of nitrogen functional groups attached to an aromatic ring is 1. The molecule has 0 saturated carbocycles. The van der Waals surface area contributed by atoms with E-state index in [4.69, 9.17) is 14.8 Å². The highest BCUT2D eigenvalue weighted by atomic mass is 32.3. The summed E-state index contributed by atoms with van der Waals surface area (Å²) in [5, 5.41) is 0. The number of rotatable bonds is 7. The van der Waals surface area contributed by atoms with Crippen LogP contribution in [0.2, 0.25) is 0 Å². The molecule has 0 bridgehead atoms. The Balaban J connectivity index is 2.84. The van der Waals surface area contributed by atoms with Gasteiger partial charge < -0.3 is 5.73 Å². The molecule has 1 rings (SSSR count). The van der Waals surface area contributed by atoms with Gasteiger partial charge >= 0.3 is 10.4 Å². The van der Waals surface area contributed by atoms with Crippen molar-refractivity contribution in [1.82, 2.24) is 0 Å². The van der Waals surface area contributed by atoms with Gasteiger partial charge in [0.25, 0.3) is 10.1 Å². The SMILES string of the molecule is Nc1cc(CS(=O)(=O)CCOS(=O)(=O)O)ccc1S(=O)(=O)O. The Bertz CT molecular complexity index is 856. The summed E-state index contributed by atoms with van der Waals surface area (Å²) in [5.74, 6) is -1.25. The van der Waals surface area contributed by atoms with Crippen molar-refractivity contribution < 1.29 is 38.5 Å². The third kappa shape index (κ3) is 6.25. The fraction of sp³-hybridized carbons (Fsp3) is 0.333. The van der Waals surface area contributed by atoms with E-state index >= 15 is 0 Å². The monoisotopic (exact) mass is 375 g/mol. The Labute approximate surface area is 127 Å². The molecular formula is C9H13NO9S3. The Morgan fingerprint density at radius 2 is 1.64 bits per heavy atom. The van der Waals surface area contributed by atoms with Gasteiger partial charge in [-0.25, -0.2) is 12.6 Å². The fourth-order valence-corrected chi connectivity index (χ4v) is 3.68. The molecule has 0 aromatic heterocycles. The maximum absolute atomic E-state index is 11.7. The van der Waals surface area contributed by atoms with E-state index in [1.165, 1.54) is 0 Å². The van der Waals surface area contributed by atoms with Gasteiger partial charge in [0.2, 0.25) is 0 Å². The van der Waals surface area contributed by atoms with E-state index in [1.54, 1.807) is 0 Å². The van der Waals surface area contributed by atoms with E-state index in [-0.39, 0.29) is 11.3 Å². The minimum Gasteiger partial charge on any atom is -0.398 e. The van der Waals surface area contributed by atoms with Crippen LogP contribution in [0.1, 0.15) is 5.56 Å². The lowest BCUT2D eigenvalue weighted by atomic mass is 10.2. The second kappa shape index (κ2) is 6.47. The van der Waals surface area contributed by atoms with Crippen LogP contribution in [0, 0.1) is 0 Å². The molecule has 0 aliphatic rings. The molecule has 4 N–H and O–H groups in total. The molecule has 0 fully saturated rings. The van der Waals surface area contributed by atoms with Gasteiger partial charge in [0.15, 0.2) is 9.84 Å². The van der Waals surface area contributed by atoms with E-state index in [2.05, 4.69) is 4.18 Å². The van der Waals surface area contributed by atoms with E-state index in [0.29, 0.717) is 0 Å². The van der Waals surface area contributed by atoms with Gasteiger partial charge in [-0.1, -0.05) is 6.07 Å². The van der Waals surface area contributed by atoms with Gasteiger partial charge in [0.05, 0.1) is 23.8 Å². The third-order valence-electron chi connectivity index (χ3n) is 2.37. The molecule has 22 heavy (non-hydrogen) atoms. The number of anilines is 1. The van der Waals surface area contributed by atoms with Crippen molar-refractivity contribution >= 4 is 36.0 Å². The summed E-state index contributed by atoms with van der Waals surface area (Å²) in [7, 11) is -13.0. The lowest BCUT2D eigenvalue weighted by Crippen LogP contribution is -2.17. The number of nitrogens with two attached hydrogens (primary N) is 1. The summed E-state index contributed by atoms with van der Waals surface area (Å²) in [4.78, 5) is -0.552. The van der Waals surface area contributed by atoms with Crippen LogP contribution in [0.25, 0.3) is 0 Å². The predicted molar refractivity (Wildman–Crippen MR) is 75.7 cm³/mol. The average molecular weight is 375 g/mol. The van der Waals surface area contributed by atoms with Crippen molar-refractivity contribution in [1.29, 1.82) is 0 Å². The second-order valence-corrected chi connectivity index (χ2v) is 8.85. The number of sulfone groups is 1. The highest BCUT2D eigenvalue weighted by Crippen LogP contribution is 2.20. The van der Waals surface area contributed by atoms with Crippen LogP contribution in [0.5, 0.6) is 0 Å². The summed E-state index contributed by atoms with van der Waals surface area (Å²) >= 11 is 0. The molecule has 0 aliphatic carbocycles. The van der Waals surface area contributed by atoms with Crippen LogP contribution in [0.3, 0.4) is 0 Å². The van der Waals surface area contributed by atoms with Gasteiger partial charge in [0, 0.05) is 0 Å². The molecule has 0 saturated heterocycles. The van der Waals surface area contributed by atoms with E-state index in [0.717, 1.165) is 18.2 Å². The summed E-state index contributed by atoms with van der Waals surface area (Å²) in [6, 6.07) is 3.15. The van der Waals surface area contributed by atoms with Crippen LogP contribution < -0.4 is 5.73 Å². The van der Waals surface area contributed by atoms with E-state index < -0.39 is 53.4 Å². The number of hydrogen-bond acceptors (Lipinski definition) is 8. The molecule has 126 valence electrons. The number of benzene rings is 1. The van der Waals surface area contributed by atoms with Crippen molar-refractivity contribution in [3.05, 3.63) is 23.8 Å². The van der Waals surface area contributed by atoms with Crippen LogP contribution in [-0.2, 0) is 40.3 Å². The predicted octanol–water partition coefficient (Wildman–Crippen LogP) is -0.750. The largest absolute Gasteiger partial charge is 0.398 e. The minimum atomic E-state index is -4.73. The Kier molecular flexibility index (Phi) is 5.53. The topological polar surface area (TPSA) is 178 Å². The Hall–Kier alpha value is -1.25. The molecule has 1 aromatic carbocycles. The fourth-order valence-electron chi connectivity index (χ4n) is 1.52. The molecule has 0 amide bonds. The maximum atomic E-state index is 11.7. The molecule has 1 aromatic rings. The summed E-state index contributed by atoms with van der Waals surface area (Å²) in [6.45, 7) is -0.764. The quantitative estimate of drug-likeness (QED) is 0.405. The van der Waals surface area contributed by atoms with Crippen LogP contribution in [0.4, 0.5) is 5.69 Å². The molecule has 0 atom stereocenters. The lowest BCUT2D eigenvalue weighted by Gasteiger charge is -2.07. The van der Waals surface area contributed by atoms with Crippen LogP contribution in [0.15, 0.2) is 23.1 Å². The van der Waals surface area contributed by atoms with Gasteiger partial charge in [-0.05, 0) is 17.7 Å². The van der Waals surface area contributed by atoms with Crippen molar-refractivity contribution in [3.63, 3.8) is 0 Å². The molecule has 0 radical (unpaired) electrons. The summed E-state index contributed by atoms with van der Waals surface area (Å²) in [6.07, 6.45) is 0. The molecule has 0 spiro atoms. The second-order valence-electron chi connectivity index (χ2n) is 4.19. The van der Waals surface area contributed by atoms with Gasteiger partial charge in [-0.2, -0.15) is 16.8 Å². The smallest absolute Gasteiger partial charge is 0.397 e. The first-order chi connectivity index (χ1) is 9.80. The highest BCUT2D eigenvalue weighted by Gasteiger charge is 2.18. The van der Waals surface area contributed by atoms with Crippen molar-refractivity contribution in [2.24, 2.45) is 0 Å². The average Bonchev–Trinajstić information content (AvgIpc) is 2.23. The summed E-state index contributed by atoms with van der Waals surface area (Å²) in [5.41, 5.74) is 5.22. The maximum Gasteiger partial charge on any atom is 0.397 e. The molecule has 10 nitrogen and oxygen atoms in total. The van der Waals surface area contributed by atoms with Crippen molar-refractivity contribution in [2.75, 3.05) is 18.1 Å².